The van der Waals surface area contributed by atoms with E-state index in [0.717, 1.165) is 0 Å². The SMILES string of the molecule is Nc1cc2c(cc1F)CN(C1CCN(C(=O)O)CC1)C2=O. The standard InChI is InChI=1S/C14H16FN3O3/c15-11-5-8-7-18(13(19)10(8)6-12(11)16)9-1-3-17(4-2-9)14(20)21/h5-6,9H,1-4,7,16H2,(H,20,21). The minimum absolute atomic E-state index is 0.00946. The molecule has 0 spiro atoms. The van der Waals surface area contributed by atoms with Gasteiger partial charge in [-0.2, -0.15) is 0 Å². The minimum atomic E-state index is -0.931. The Labute approximate surface area is 120 Å². The molecule has 3 N–H and O–H groups in total. The van der Waals surface area contributed by atoms with Gasteiger partial charge in [0.15, 0.2) is 0 Å². The number of fused-ring (bicyclic) bond motifs is 1. The number of hydrogen-bond acceptors (Lipinski definition) is 3. The molecule has 0 saturated carbocycles. The molecule has 21 heavy (non-hydrogen) atoms. The summed E-state index contributed by atoms with van der Waals surface area (Å²) in [5.74, 6) is -0.658. The fourth-order valence-corrected chi connectivity index (χ4v) is 3.03. The number of anilines is 1. The zero-order valence-electron chi connectivity index (χ0n) is 11.4. The van der Waals surface area contributed by atoms with Crippen LogP contribution in [0.5, 0.6) is 0 Å². The van der Waals surface area contributed by atoms with Crippen molar-refractivity contribution in [2.45, 2.75) is 25.4 Å². The summed E-state index contributed by atoms with van der Waals surface area (Å²) in [5.41, 5.74) is 6.59. The van der Waals surface area contributed by atoms with Crippen LogP contribution in [0.2, 0.25) is 0 Å². The van der Waals surface area contributed by atoms with Crippen molar-refractivity contribution < 1.29 is 19.1 Å². The Kier molecular flexibility index (Phi) is 3.19. The van der Waals surface area contributed by atoms with Gasteiger partial charge in [0, 0.05) is 31.2 Å². The van der Waals surface area contributed by atoms with Gasteiger partial charge in [-0.1, -0.05) is 0 Å². The average molecular weight is 293 g/mol. The molecule has 0 aliphatic carbocycles. The lowest BCUT2D eigenvalue weighted by molar-refractivity contribution is 0.0597. The molecule has 2 aliphatic rings. The second-order valence-electron chi connectivity index (χ2n) is 5.46. The molecule has 0 aromatic heterocycles. The van der Waals surface area contributed by atoms with Crippen molar-refractivity contribution in [3.8, 4) is 0 Å². The number of piperidine rings is 1. The van der Waals surface area contributed by atoms with E-state index in [4.69, 9.17) is 10.8 Å². The van der Waals surface area contributed by atoms with Crippen LogP contribution in [0.25, 0.3) is 0 Å². The first kappa shape index (κ1) is 13.7. The molecule has 7 heteroatoms. The number of carbonyl (C=O) groups excluding carboxylic acids is 1. The molecule has 1 aromatic rings. The fraction of sp³-hybridized carbons (Fsp3) is 0.429. The summed E-state index contributed by atoms with van der Waals surface area (Å²) in [6, 6.07) is 2.69. The zero-order valence-corrected chi connectivity index (χ0v) is 11.4. The van der Waals surface area contributed by atoms with Crippen LogP contribution < -0.4 is 5.73 Å². The fourth-order valence-electron chi connectivity index (χ4n) is 3.03. The third-order valence-electron chi connectivity index (χ3n) is 4.23. The van der Waals surface area contributed by atoms with E-state index in [1.165, 1.54) is 17.0 Å². The van der Waals surface area contributed by atoms with Gasteiger partial charge in [0.25, 0.3) is 5.91 Å². The molecule has 1 saturated heterocycles. The number of carboxylic acid groups (broad SMARTS) is 1. The van der Waals surface area contributed by atoms with Gasteiger partial charge >= 0.3 is 6.09 Å². The number of carbonyl (C=O) groups is 2. The lowest BCUT2D eigenvalue weighted by Crippen LogP contribution is -2.46. The number of benzene rings is 1. The number of rotatable bonds is 1. The Morgan fingerprint density at radius 3 is 2.62 bits per heavy atom. The van der Waals surface area contributed by atoms with E-state index in [0.29, 0.717) is 43.6 Å². The summed E-state index contributed by atoms with van der Waals surface area (Å²) in [6.07, 6.45) is 0.271. The van der Waals surface area contributed by atoms with Gasteiger partial charge in [-0.15, -0.1) is 0 Å². The first-order valence-corrected chi connectivity index (χ1v) is 6.84. The summed E-state index contributed by atoms with van der Waals surface area (Å²) < 4.78 is 13.5. The number of amides is 2. The summed E-state index contributed by atoms with van der Waals surface area (Å²) >= 11 is 0. The molecule has 112 valence electrons. The third-order valence-corrected chi connectivity index (χ3v) is 4.23. The van der Waals surface area contributed by atoms with Crippen molar-refractivity contribution in [1.29, 1.82) is 0 Å². The van der Waals surface area contributed by atoms with Crippen LogP contribution in [-0.2, 0) is 6.54 Å². The topological polar surface area (TPSA) is 86.9 Å². The molecule has 2 aliphatic heterocycles. The van der Waals surface area contributed by atoms with E-state index >= 15 is 0 Å². The van der Waals surface area contributed by atoms with Crippen LogP contribution in [0.15, 0.2) is 12.1 Å². The van der Waals surface area contributed by atoms with Crippen molar-refractivity contribution in [1.82, 2.24) is 9.80 Å². The van der Waals surface area contributed by atoms with Crippen molar-refractivity contribution in [3.63, 3.8) is 0 Å². The van der Waals surface area contributed by atoms with Gasteiger partial charge < -0.3 is 20.6 Å². The van der Waals surface area contributed by atoms with Crippen molar-refractivity contribution >= 4 is 17.7 Å². The summed E-state index contributed by atoms with van der Waals surface area (Å²) in [5, 5.41) is 8.93. The predicted molar refractivity (Wildman–Crippen MR) is 73.3 cm³/mol. The van der Waals surface area contributed by atoms with E-state index in [9.17, 15) is 14.0 Å². The molecule has 2 heterocycles. The second kappa shape index (κ2) is 4.91. The molecule has 0 atom stereocenters. The summed E-state index contributed by atoms with van der Waals surface area (Å²) in [6.45, 7) is 1.19. The third kappa shape index (κ3) is 2.28. The van der Waals surface area contributed by atoms with Crippen LogP contribution >= 0.6 is 0 Å². The highest BCUT2D eigenvalue weighted by atomic mass is 19.1. The molecule has 2 amide bonds. The molecule has 3 rings (SSSR count). The molecule has 0 bridgehead atoms. The lowest BCUT2D eigenvalue weighted by Gasteiger charge is -2.35. The number of nitrogen functional groups attached to an aromatic ring is 1. The Hall–Kier alpha value is -2.31. The average Bonchev–Trinajstić information content (AvgIpc) is 2.77. The van der Waals surface area contributed by atoms with E-state index < -0.39 is 11.9 Å². The molecule has 1 fully saturated rings. The Balaban J connectivity index is 1.75. The number of halogens is 1. The van der Waals surface area contributed by atoms with Gasteiger partial charge in [-0.3, -0.25) is 4.79 Å². The van der Waals surface area contributed by atoms with E-state index in [1.54, 1.807) is 4.90 Å². The van der Waals surface area contributed by atoms with Gasteiger partial charge in [0.2, 0.25) is 0 Å². The molecule has 6 nitrogen and oxygen atoms in total. The maximum atomic E-state index is 13.5. The first-order valence-electron chi connectivity index (χ1n) is 6.84. The maximum Gasteiger partial charge on any atom is 0.407 e. The quantitative estimate of drug-likeness (QED) is 0.768. The van der Waals surface area contributed by atoms with Gasteiger partial charge in [0.1, 0.15) is 5.82 Å². The summed E-state index contributed by atoms with van der Waals surface area (Å²) in [4.78, 5) is 26.3. The molecule has 1 aromatic carbocycles. The highest BCUT2D eigenvalue weighted by Gasteiger charge is 2.35. The number of hydrogen-bond donors (Lipinski definition) is 2. The number of likely N-dealkylation sites (tertiary alicyclic amines) is 1. The highest BCUT2D eigenvalue weighted by Crippen LogP contribution is 2.30. The van der Waals surface area contributed by atoms with Gasteiger partial charge in [0.05, 0.1) is 5.69 Å². The number of nitrogens with two attached hydrogens (primary N) is 1. The van der Waals surface area contributed by atoms with Crippen LogP contribution in [-0.4, -0.2) is 46.0 Å². The van der Waals surface area contributed by atoms with Crippen LogP contribution in [0.4, 0.5) is 14.9 Å². The van der Waals surface area contributed by atoms with Crippen LogP contribution in [0, 0.1) is 5.82 Å². The minimum Gasteiger partial charge on any atom is -0.465 e. The predicted octanol–water partition coefficient (Wildman–Crippen LogP) is 1.51. The van der Waals surface area contributed by atoms with E-state index in [1.807, 2.05) is 0 Å². The second-order valence-corrected chi connectivity index (χ2v) is 5.46. The summed E-state index contributed by atoms with van der Waals surface area (Å²) in [7, 11) is 0. The van der Waals surface area contributed by atoms with Crippen molar-refractivity contribution in [2.75, 3.05) is 18.8 Å². The Bertz CT molecular complexity index is 612. The van der Waals surface area contributed by atoms with Gasteiger partial charge in [-0.25, -0.2) is 9.18 Å². The highest BCUT2D eigenvalue weighted by molar-refractivity contribution is 5.99. The van der Waals surface area contributed by atoms with Crippen molar-refractivity contribution in [2.24, 2.45) is 0 Å². The van der Waals surface area contributed by atoms with Gasteiger partial charge in [-0.05, 0) is 30.5 Å². The smallest absolute Gasteiger partial charge is 0.407 e. The van der Waals surface area contributed by atoms with Crippen LogP contribution in [0.1, 0.15) is 28.8 Å². The maximum absolute atomic E-state index is 13.5. The normalized spacial score (nSPS) is 19.0. The molecule has 0 unspecified atom stereocenters. The monoisotopic (exact) mass is 293 g/mol. The molecule has 0 radical (unpaired) electrons. The molecular formula is C14H16FN3O3. The van der Waals surface area contributed by atoms with Crippen molar-refractivity contribution in [3.05, 3.63) is 29.1 Å². The molecular weight excluding hydrogens is 277 g/mol. The Morgan fingerprint density at radius 1 is 1.33 bits per heavy atom. The Morgan fingerprint density at radius 2 is 2.00 bits per heavy atom. The number of nitrogens with zero attached hydrogens (tertiary/aromatic N) is 2. The largest absolute Gasteiger partial charge is 0.465 e. The zero-order chi connectivity index (χ0) is 15.1. The van der Waals surface area contributed by atoms with E-state index in [2.05, 4.69) is 0 Å². The first-order chi connectivity index (χ1) is 9.97. The lowest BCUT2D eigenvalue weighted by atomic mass is 10.0. The van der Waals surface area contributed by atoms with Crippen LogP contribution in [0.3, 0.4) is 0 Å². The van der Waals surface area contributed by atoms with E-state index in [-0.39, 0.29) is 17.6 Å².